The highest BCUT2D eigenvalue weighted by atomic mass is 16.5. The molecule has 2 N–H and O–H groups in total. The number of hydrogen-bond donors (Lipinski definition) is 2. The fourth-order valence-electron chi connectivity index (χ4n) is 1.37. The average Bonchev–Trinajstić information content (AvgIpc) is 2.38. The summed E-state index contributed by atoms with van der Waals surface area (Å²) in [7, 11) is 2.83. The second-order valence-electron chi connectivity index (χ2n) is 3.47. The van der Waals surface area contributed by atoms with Gasteiger partial charge in [-0.25, -0.2) is 4.79 Å². The predicted octanol–water partition coefficient (Wildman–Crippen LogP) is 1.08. The Morgan fingerprint density at radius 1 is 1.56 bits per heavy atom. The van der Waals surface area contributed by atoms with Crippen LogP contribution in [0.25, 0.3) is 0 Å². The highest BCUT2D eigenvalue weighted by Gasteiger charge is 2.16. The molecule has 1 unspecified atom stereocenters. The third-order valence-electron chi connectivity index (χ3n) is 2.39. The lowest BCUT2D eigenvalue weighted by Gasteiger charge is -2.14. The number of carboxylic acid groups (broad SMARTS) is 1. The molecule has 1 rings (SSSR count). The molecule has 0 radical (unpaired) electrons. The number of methoxy groups -OCH3 is 2. The van der Waals surface area contributed by atoms with E-state index in [0.29, 0.717) is 17.0 Å². The average molecular weight is 250 g/mol. The molecule has 1 atom stereocenters. The third-order valence-corrected chi connectivity index (χ3v) is 2.39. The van der Waals surface area contributed by atoms with Gasteiger partial charge in [0.15, 0.2) is 6.10 Å². The maximum Gasteiger partial charge on any atom is 0.334 e. The molecule has 0 fully saturated rings. The number of ether oxygens (including phenoxy) is 2. The van der Waals surface area contributed by atoms with Gasteiger partial charge in [0, 0.05) is 13.2 Å². The lowest BCUT2D eigenvalue weighted by Crippen LogP contribution is -2.30. The lowest BCUT2D eigenvalue weighted by molar-refractivity contribution is -0.147. The summed E-state index contributed by atoms with van der Waals surface area (Å²) in [5.74, 6) is -0.479. The first-order valence-electron chi connectivity index (χ1n) is 5.20. The Kier molecular flexibility index (Phi) is 4.96. The molecular formula is C12H14N2O4. The van der Waals surface area contributed by atoms with Crippen LogP contribution in [0.15, 0.2) is 18.2 Å². The topological polar surface area (TPSA) is 91.6 Å². The molecule has 0 aliphatic carbocycles. The van der Waals surface area contributed by atoms with E-state index in [1.165, 1.54) is 14.2 Å². The summed E-state index contributed by atoms with van der Waals surface area (Å²) in [6.45, 7) is 0.0632. The number of carbonyl (C=O) groups is 1. The van der Waals surface area contributed by atoms with Gasteiger partial charge < -0.3 is 19.9 Å². The molecule has 0 aliphatic rings. The van der Waals surface area contributed by atoms with E-state index in [1.807, 2.05) is 6.07 Å². The van der Waals surface area contributed by atoms with Gasteiger partial charge in [-0.05, 0) is 12.1 Å². The number of nitrogens with one attached hydrogen (secondary N) is 1. The van der Waals surface area contributed by atoms with Crippen LogP contribution in [0.5, 0.6) is 5.75 Å². The highest BCUT2D eigenvalue weighted by molar-refractivity contribution is 5.73. The van der Waals surface area contributed by atoms with Crippen molar-refractivity contribution < 1.29 is 19.4 Å². The Hall–Kier alpha value is -2.26. The molecular weight excluding hydrogens is 236 g/mol. The zero-order valence-electron chi connectivity index (χ0n) is 10.1. The largest absolute Gasteiger partial charge is 0.497 e. The van der Waals surface area contributed by atoms with Crippen molar-refractivity contribution in [3.8, 4) is 11.8 Å². The Morgan fingerprint density at radius 2 is 2.28 bits per heavy atom. The van der Waals surface area contributed by atoms with Crippen LogP contribution in [0, 0.1) is 11.3 Å². The van der Waals surface area contributed by atoms with Gasteiger partial charge >= 0.3 is 5.97 Å². The normalized spacial score (nSPS) is 11.4. The van der Waals surface area contributed by atoms with Gasteiger partial charge in [0.2, 0.25) is 0 Å². The van der Waals surface area contributed by atoms with Gasteiger partial charge in [0.25, 0.3) is 0 Å². The summed E-state index contributed by atoms with van der Waals surface area (Å²) in [6.07, 6.45) is -0.970. The summed E-state index contributed by atoms with van der Waals surface area (Å²) >= 11 is 0. The summed E-state index contributed by atoms with van der Waals surface area (Å²) in [5, 5.41) is 20.6. The fraction of sp³-hybridized carbons (Fsp3) is 0.333. The second kappa shape index (κ2) is 6.47. The quantitative estimate of drug-likeness (QED) is 0.784. The Balaban J connectivity index is 2.83. The number of rotatable bonds is 6. The first kappa shape index (κ1) is 13.8. The second-order valence-corrected chi connectivity index (χ2v) is 3.47. The van der Waals surface area contributed by atoms with Crippen molar-refractivity contribution in [3.05, 3.63) is 23.8 Å². The van der Waals surface area contributed by atoms with Crippen molar-refractivity contribution in [2.24, 2.45) is 0 Å². The van der Waals surface area contributed by atoms with Crippen LogP contribution >= 0.6 is 0 Å². The van der Waals surface area contributed by atoms with Crippen molar-refractivity contribution in [2.45, 2.75) is 6.10 Å². The monoisotopic (exact) mass is 250 g/mol. The molecule has 0 amide bonds. The highest BCUT2D eigenvalue weighted by Crippen LogP contribution is 2.21. The number of benzene rings is 1. The molecule has 0 bridgehead atoms. The van der Waals surface area contributed by atoms with Crippen LogP contribution in [0.1, 0.15) is 5.56 Å². The van der Waals surface area contributed by atoms with Crippen LogP contribution in [-0.4, -0.2) is 37.9 Å². The van der Waals surface area contributed by atoms with E-state index in [0.717, 1.165) is 0 Å². The summed E-state index contributed by atoms with van der Waals surface area (Å²) < 4.78 is 9.83. The number of aliphatic carboxylic acids is 1. The molecule has 0 spiro atoms. The van der Waals surface area contributed by atoms with E-state index in [-0.39, 0.29) is 6.54 Å². The van der Waals surface area contributed by atoms with E-state index >= 15 is 0 Å². The lowest BCUT2D eigenvalue weighted by atomic mass is 10.2. The minimum atomic E-state index is -1.06. The van der Waals surface area contributed by atoms with Gasteiger partial charge in [-0.3, -0.25) is 0 Å². The molecule has 96 valence electrons. The number of nitrogens with zero attached hydrogens (tertiary/aromatic N) is 1. The fourth-order valence-corrected chi connectivity index (χ4v) is 1.37. The van der Waals surface area contributed by atoms with Crippen molar-refractivity contribution in [1.29, 1.82) is 5.26 Å². The number of hydrogen-bond acceptors (Lipinski definition) is 5. The molecule has 1 aromatic rings. The maximum atomic E-state index is 10.8. The zero-order valence-corrected chi connectivity index (χ0v) is 10.1. The van der Waals surface area contributed by atoms with E-state index in [9.17, 15) is 4.79 Å². The van der Waals surface area contributed by atoms with Gasteiger partial charge in [-0.15, -0.1) is 0 Å². The van der Waals surface area contributed by atoms with Crippen molar-refractivity contribution in [3.63, 3.8) is 0 Å². The summed E-state index contributed by atoms with van der Waals surface area (Å²) in [5.41, 5.74) is 0.927. The predicted molar refractivity (Wildman–Crippen MR) is 64.6 cm³/mol. The molecule has 0 heterocycles. The summed E-state index contributed by atoms with van der Waals surface area (Å²) in [4.78, 5) is 10.8. The van der Waals surface area contributed by atoms with Crippen LogP contribution in [0.3, 0.4) is 0 Å². The zero-order chi connectivity index (χ0) is 13.5. The van der Waals surface area contributed by atoms with Gasteiger partial charge in [0.05, 0.1) is 24.9 Å². The van der Waals surface area contributed by atoms with Crippen LogP contribution < -0.4 is 10.1 Å². The van der Waals surface area contributed by atoms with E-state index in [4.69, 9.17) is 19.8 Å². The molecule has 6 heteroatoms. The molecule has 6 nitrogen and oxygen atoms in total. The van der Waals surface area contributed by atoms with Gasteiger partial charge in [-0.1, -0.05) is 0 Å². The Labute approximate surface area is 105 Å². The summed E-state index contributed by atoms with van der Waals surface area (Å²) in [6, 6.07) is 6.91. The van der Waals surface area contributed by atoms with Crippen molar-refractivity contribution in [2.75, 3.05) is 26.1 Å². The van der Waals surface area contributed by atoms with Crippen LogP contribution in [0.4, 0.5) is 5.69 Å². The minimum absolute atomic E-state index is 0.0632. The van der Waals surface area contributed by atoms with E-state index < -0.39 is 12.1 Å². The minimum Gasteiger partial charge on any atom is -0.497 e. The molecule has 0 saturated carbocycles. The molecule has 0 saturated heterocycles. The van der Waals surface area contributed by atoms with E-state index in [1.54, 1.807) is 18.2 Å². The first-order valence-corrected chi connectivity index (χ1v) is 5.20. The standard InChI is InChI=1S/C12H14N2O4/c1-17-9-4-3-8(6-13)10(5-9)14-7-11(18-2)12(15)16/h3-5,11,14H,7H2,1-2H3,(H,15,16). The SMILES string of the molecule is COc1ccc(C#N)c(NCC(OC)C(=O)O)c1. The Bertz CT molecular complexity index is 468. The van der Waals surface area contributed by atoms with Crippen molar-refractivity contribution >= 4 is 11.7 Å². The number of anilines is 1. The third kappa shape index (κ3) is 3.37. The maximum absolute atomic E-state index is 10.8. The van der Waals surface area contributed by atoms with Gasteiger partial charge in [0.1, 0.15) is 11.8 Å². The smallest absolute Gasteiger partial charge is 0.334 e. The van der Waals surface area contributed by atoms with E-state index in [2.05, 4.69) is 5.32 Å². The molecule has 0 aliphatic heterocycles. The molecule has 0 aromatic heterocycles. The van der Waals surface area contributed by atoms with Gasteiger partial charge in [-0.2, -0.15) is 5.26 Å². The Morgan fingerprint density at radius 3 is 2.78 bits per heavy atom. The number of nitriles is 1. The first-order chi connectivity index (χ1) is 8.62. The van der Waals surface area contributed by atoms with Crippen LogP contribution in [-0.2, 0) is 9.53 Å². The molecule has 18 heavy (non-hydrogen) atoms. The molecule has 1 aromatic carbocycles. The number of carboxylic acids is 1. The van der Waals surface area contributed by atoms with Crippen LogP contribution in [0.2, 0.25) is 0 Å². The van der Waals surface area contributed by atoms with Crippen molar-refractivity contribution in [1.82, 2.24) is 0 Å².